The van der Waals surface area contributed by atoms with Gasteiger partial charge in [-0.25, -0.2) is 4.79 Å². The van der Waals surface area contributed by atoms with E-state index in [1.165, 1.54) is 0 Å². The van der Waals surface area contributed by atoms with Crippen LogP contribution in [0.25, 0.3) is 0 Å². The van der Waals surface area contributed by atoms with Gasteiger partial charge in [0.05, 0.1) is 17.9 Å². The monoisotopic (exact) mass is 287 g/mol. The Bertz CT molecular complexity index is 602. The van der Waals surface area contributed by atoms with Crippen molar-refractivity contribution in [3.05, 3.63) is 59.5 Å². The van der Waals surface area contributed by atoms with Crippen LogP contribution < -0.4 is 5.32 Å². The summed E-state index contributed by atoms with van der Waals surface area (Å²) < 4.78 is 5.22. The van der Waals surface area contributed by atoms with Crippen molar-refractivity contribution < 1.29 is 19.1 Å². The number of carbonyl (C=O) groups excluding carboxylic acids is 1. The van der Waals surface area contributed by atoms with E-state index in [4.69, 9.17) is 9.52 Å². The Morgan fingerprint density at radius 3 is 2.52 bits per heavy atom. The van der Waals surface area contributed by atoms with Gasteiger partial charge in [-0.1, -0.05) is 12.1 Å². The van der Waals surface area contributed by atoms with E-state index in [-0.39, 0.29) is 17.5 Å². The molecule has 2 aromatic rings. The molecular weight excluding hydrogens is 270 g/mol. The molecule has 0 aliphatic carbocycles. The summed E-state index contributed by atoms with van der Waals surface area (Å²) >= 11 is 0. The molecule has 5 nitrogen and oxygen atoms in total. The molecule has 0 fully saturated rings. The Morgan fingerprint density at radius 1 is 1.24 bits per heavy atom. The highest BCUT2D eigenvalue weighted by atomic mass is 16.4. The number of aryl methyl sites for hydroxylation is 1. The van der Waals surface area contributed by atoms with Crippen molar-refractivity contribution in [2.75, 3.05) is 0 Å². The lowest BCUT2D eigenvalue weighted by atomic mass is 10.1. The number of hydrogen-bond donors (Lipinski definition) is 2. The van der Waals surface area contributed by atoms with E-state index in [1.54, 1.807) is 36.6 Å². The largest absolute Gasteiger partial charge is 0.478 e. The molecule has 0 aliphatic heterocycles. The maximum atomic E-state index is 11.9. The molecule has 110 valence electrons. The third kappa shape index (κ3) is 4.21. The first-order valence-corrected chi connectivity index (χ1v) is 6.71. The molecule has 2 rings (SSSR count). The summed E-state index contributed by atoms with van der Waals surface area (Å²) in [5.41, 5.74) is 1.18. The van der Waals surface area contributed by atoms with Crippen LogP contribution in [-0.4, -0.2) is 17.0 Å². The molecule has 21 heavy (non-hydrogen) atoms. The Hall–Kier alpha value is -2.56. The Balaban J connectivity index is 1.82. The zero-order chi connectivity index (χ0) is 15.2. The molecule has 1 aromatic heterocycles. The number of furan rings is 1. The van der Waals surface area contributed by atoms with E-state index < -0.39 is 5.97 Å². The number of carboxylic acid groups (broad SMARTS) is 1. The maximum Gasteiger partial charge on any atom is 0.335 e. The third-order valence-corrected chi connectivity index (χ3v) is 3.19. The molecule has 0 saturated heterocycles. The van der Waals surface area contributed by atoms with Gasteiger partial charge in [-0.2, -0.15) is 0 Å². The number of amides is 1. The molecule has 0 bridgehead atoms. The van der Waals surface area contributed by atoms with Crippen LogP contribution in [0.5, 0.6) is 0 Å². The van der Waals surface area contributed by atoms with Crippen molar-refractivity contribution in [3.63, 3.8) is 0 Å². The van der Waals surface area contributed by atoms with Crippen LogP contribution in [0.2, 0.25) is 0 Å². The summed E-state index contributed by atoms with van der Waals surface area (Å²) in [7, 11) is 0. The van der Waals surface area contributed by atoms with Gasteiger partial charge < -0.3 is 14.8 Å². The smallest absolute Gasteiger partial charge is 0.335 e. The van der Waals surface area contributed by atoms with Crippen molar-refractivity contribution in [1.29, 1.82) is 0 Å². The van der Waals surface area contributed by atoms with Gasteiger partial charge in [0, 0.05) is 6.42 Å². The number of carboxylic acids is 1. The van der Waals surface area contributed by atoms with E-state index in [0.717, 1.165) is 5.56 Å². The predicted molar refractivity (Wildman–Crippen MR) is 77.0 cm³/mol. The highest BCUT2D eigenvalue weighted by molar-refractivity contribution is 5.87. The van der Waals surface area contributed by atoms with Crippen LogP contribution >= 0.6 is 0 Å². The van der Waals surface area contributed by atoms with Gasteiger partial charge >= 0.3 is 5.97 Å². The van der Waals surface area contributed by atoms with Gasteiger partial charge in [0.25, 0.3) is 0 Å². The van der Waals surface area contributed by atoms with Crippen molar-refractivity contribution in [3.8, 4) is 0 Å². The van der Waals surface area contributed by atoms with Gasteiger partial charge in [0.15, 0.2) is 0 Å². The predicted octanol–water partition coefficient (Wildman–Crippen LogP) is 2.79. The van der Waals surface area contributed by atoms with Crippen molar-refractivity contribution in [2.45, 2.75) is 25.8 Å². The molecule has 0 unspecified atom stereocenters. The molecule has 0 aliphatic rings. The minimum Gasteiger partial charge on any atom is -0.478 e. The van der Waals surface area contributed by atoms with Crippen molar-refractivity contribution in [2.24, 2.45) is 0 Å². The molecule has 1 atom stereocenters. The highest BCUT2D eigenvalue weighted by Crippen LogP contribution is 2.13. The van der Waals surface area contributed by atoms with Gasteiger partial charge in [-0.15, -0.1) is 0 Å². The van der Waals surface area contributed by atoms with E-state index in [1.807, 2.05) is 13.0 Å². The second-order valence-corrected chi connectivity index (χ2v) is 4.81. The lowest BCUT2D eigenvalue weighted by Crippen LogP contribution is -2.26. The van der Waals surface area contributed by atoms with E-state index in [2.05, 4.69) is 5.32 Å². The maximum absolute atomic E-state index is 11.9. The summed E-state index contributed by atoms with van der Waals surface area (Å²) in [6.45, 7) is 1.86. The fourth-order valence-corrected chi connectivity index (χ4v) is 1.99. The number of nitrogens with one attached hydrogen (secondary N) is 1. The molecule has 1 amide bonds. The number of hydrogen-bond acceptors (Lipinski definition) is 3. The number of aromatic carboxylic acids is 1. The minimum absolute atomic E-state index is 0.0683. The van der Waals surface area contributed by atoms with Gasteiger partial charge in [0.1, 0.15) is 5.76 Å². The first-order valence-electron chi connectivity index (χ1n) is 6.71. The number of carbonyl (C=O) groups is 2. The van der Waals surface area contributed by atoms with Crippen molar-refractivity contribution in [1.82, 2.24) is 5.32 Å². The molecule has 1 heterocycles. The zero-order valence-electron chi connectivity index (χ0n) is 11.7. The van der Waals surface area contributed by atoms with Crippen molar-refractivity contribution >= 4 is 11.9 Å². The second kappa shape index (κ2) is 6.74. The first-order chi connectivity index (χ1) is 10.1. The van der Waals surface area contributed by atoms with Gasteiger partial charge in [-0.3, -0.25) is 4.79 Å². The molecular formula is C16H17NO4. The fraction of sp³-hybridized carbons (Fsp3) is 0.250. The fourth-order valence-electron chi connectivity index (χ4n) is 1.99. The number of rotatable bonds is 6. The molecule has 5 heteroatoms. The second-order valence-electron chi connectivity index (χ2n) is 4.81. The molecule has 0 saturated carbocycles. The van der Waals surface area contributed by atoms with Crippen LogP contribution in [0.4, 0.5) is 0 Å². The summed E-state index contributed by atoms with van der Waals surface area (Å²) in [5.74, 6) is -0.304. The molecule has 1 aromatic carbocycles. The van der Waals surface area contributed by atoms with Gasteiger partial charge in [-0.05, 0) is 43.2 Å². The topological polar surface area (TPSA) is 79.5 Å². The van der Waals surface area contributed by atoms with E-state index >= 15 is 0 Å². The first kappa shape index (κ1) is 14.8. The summed E-state index contributed by atoms with van der Waals surface area (Å²) in [6, 6.07) is 9.97. The molecule has 0 spiro atoms. The Morgan fingerprint density at radius 2 is 1.95 bits per heavy atom. The standard InChI is InChI=1S/C16H17NO4/c1-11(14-3-2-10-21-14)17-15(18)9-6-12-4-7-13(8-5-12)16(19)20/h2-5,7-8,10-11H,6,9H2,1H3,(H,17,18)(H,19,20)/t11-/m1/s1. The SMILES string of the molecule is C[C@@H](NC(=O)CCc1ccc(C(=O)O)cc1)c1ccco1. The van der Waals surface area contributed by atoms with E-state index in [9.17, 15) is 9.59 Å². The number of benzene rings is 1. The summed E-state index contributed by atoms with van der Waals surface area (Å²) in [4.78, 5) is 22.6. The summed E-state index contributed by atoms with van der Waals surface area (Å²) in [5, 5.41) is 11.7. The average molecular weight is 287 g/mol. The van der Waals surface area contributed by atoms with Crippen LogP contribution in [0.3, 0.4) is 0 Å². The zero-order valence-corrected chi connectivity index (χ0v) is 11.7. The third-order valence-electron chi connectivity index (χ3n) is 3.19. The van der Waals surface area contributed by atoms with Crippen LogP contribution in [-0.2, 0) is 11.2 Å². The van der Waals surface area contributed by atoms with Crippen LogP contribution in [0.1, 0.15) is 41.1 Å². The lowest BCUT2D eigenvalue weighted by Gasteiger charge is -2.11. The molecule has 0 radical (unpaired) electrons. The lowest BCUT2D eigenvalue weighted by molar-refractivity contribution is -0.121. The quantitative estimate of drug-likeness (QED) is 0.856. The molecule has 2 N–H and O–H groups in total. The van der Waals surface area contributed by atoms with Crippen LogP contribution in [0, 0.1) is 0 Å². The van der Waals surface area contributed by atoms with Gasteiger partial charge in [0.2, 0.25) is 5.91 Å². The summed E-state index contributed by atoms with van der Waals surface area (Å²) in [6.07, 6.45) is 2.48. The minimum atomic E-state index is -0.952. The normalized spacial score (nSPS) is 11.9. The Labute approximate surface area is 122 Å². The van der Waals surface area contributed by atoms with E-state index in [0.29, 0.717) is 18.6 Å². The highest BCUT2D eigenvalue weighted by Gasteiger charge is 2.11. The van der Waals surface area contributed by atoms with Crippen LogP contribution in [0.15, 0.2) is 47.1 Å². The average Bonchev–Trinajstić information content (AvgIpc) is 3.00. The Kier molecular flexibility index (Phi) is 4.77.